The second-order valence-electron chi connectivity index (χ2n) is 7.89. The molecule has 0 saturated carbocycles. The molecule has 170 valence electrons. The average molecular weight is 511 g/mol. The lowest BCUT2D eigenvalue weighted by molar-refractivity contribution is 0.0984. The Morgan fingerprint density at radius 1 is 0.765 bits per heavy atom. The van der Waals surface area contributed by atoms with Crippen LogP contribution in [0.4, 0.5) is 11.4 Å². The van der Waals surface area contributed by atoms with Crippen molar-refractivity contribution in [1.29, 1.82) is 0 Å². The number of nitrogens with one attached hydrogen (secondary N) is 1. The van der Waals surface area contributed by atoms with Crippen LogP contribution in [0.5, 0.6) is 0 Å². The molecule has 0 bridgehead atoms. The minimum Gasteiger partial charge on any atom is -0.345 e. The van der Waals surface area contributed by atoms with Gasteiger partial charge in [0.15, 0.2) is 0 Å². The number of para-hydroxylation sites is 1. The first-order valence-electron chi connectivity index (χ1n) is 10.5. The van der Waals surface area contributed by atoms with Gasteiger partial charge in [-0.05, 0) is 48.0 Å². The highest BCUT2D eigenvalue weighted by Gasteiger charge is 2.27. The molecule has 2 amide bonds. The molecule has 34 heavy (non-hydrogen) atoms. The summed E-state index contributed by atoms with van der Waals surface area (Å²) in [6.07, 6.45) is 2.00. The van der Waals surface area contributed by atoms with Crippen molar-refractivity contribution >= 4 is 58.0 Å². The largest absolute Gasteiger partial charge is 0.345 e. The van der Waals surface area contributed by atoms with Gasteiger partial charge >= 0.3 is 0 Å². The number of amides is 2. The number of carbonyl (C=O) groups is 2. The molecule has 3 aromatic carbocycles. The van der Waals surface area contributed by atoms with Gasteiger partial charge in [-0.3, -0.25) is 9.59 Å². The van der Waals surface area contributed by atoms with E-state index in [-0.39, 0.29) is 21.5 Å². The molecule has 1 N–H and O–H groups in total. The summed E-state index contributed by atoms with van der Waals surface area (Å²) in [5.74, 6) is -0.706. The van der Waals surface area contributed by atoms with Gasteiger partial charge in [0.2, 0.25) is 0 Å². The highest BCUT2D eigenvalue weighted by atomic mass is 35.5. The van der Waals surface area contributed by atoms with Gasteiger partial charge < -0.3 is 14.8 Å². The fourth-order valence-corrected chi connectivity index (χ4v) is 4.73. The van der Waals surface area contributed by atoms with E-state index >= 15 is 0 Å². The highest BCUT2D eigenvalue weighted by Crippen LogP contribution is 2.34. The van der Waals surface area contributed by atoms with Crippen molar-refractivity contribution in [1.82, 2.24) is 4.57 Å². The maximum Gasteiger partial charge on any atom is 0.260 e. The third-order valence-electron chi connectivity index (χ3n) is 5.77. The van der Waals surface area contributed by atoms with E-state index in [9.17, 15) is 9.59 Å². The van der Waals surface area contributed by atoms with Crippen LogP contribution in [0.2, 0.25) is 15.1 Å². The lowest BCUT2D eigenvalue weighted by Gasteiger charge is -2.23. The van der Waals surface area contributed by atoms with Crippen LogP contribution >= 0.6 is 34.8 Å². The van der Waals surface area contributed by atoms with E-state index < -0.39 is 5.91 Å². The number of aromatic nitrogens is 1. The van der Waals surface area contributed by atoms with Crippen LogP contribution in [-0.2, 0) is 13.1 Å². The van der Waals surface area contributed by atoms with Crippen LogP contribution in [0, 0.1) is 0 Å². The first kappa shape index (κ1) is 22.5. The number of carbonyl (C=O) groups excluding carboxylic acids is 2. The smallest absolute Gasteiger partial charge is 0.260 e. The van der Waals surface area contributed by atoms with Gasteiger partial charge in [-0.25, -0.2) is 0 Å². The first-order chi connectivity index (χ1) is 16.4. The van der Waals surface area contributed by atoms with Gasteiger partial charge in [-0.15, -0.1) is 0 Å². The number of nitrogens with zero attached hydrogens (tertiary/aromatic N) is 2. The molecule has 0 unspecified atom stereocenters. The SMILES string of the molecule is O=C(Nc1cc(Cl)c(C(=O)N2Cc3cccn3Cc3ccccc32)cc1Cl)c1ccccc1Cl. The molecule has 1 aliphatic heterocycles. The molecule has 4 aromatic rings. The molecule has 1 aliphatic rings. The highest BCUT2D eigenvalue weighted by molar-refractivity contribution is 6.39. The average Bonchev–Trinajstić information content (AvgIpc) is 3.20. The van der Waals surface area contributed by atoms with Crippen molar-refractivity contribution in [3.8, 4) is 0 Å². The van der Waals surface area contributed by atoms with Gasteiger partial charge in [0.25, 0.3) is 11.8 Å². The van der Waals surface area contributed by atoms with Crippen molar-refractivity contribution in [2.75, 3.05) is 10.2 Å². The van der Waals surface area contributed by atoms with Crippen molar-refractivity contribution in [2.45, 2.75) is 13.1 Å². The van der Waals surface area contributed by atoms with Gasteiger partial charge in [0.05, 0.1) is 38.4 Å². The number of halogens is 3. The van der Waals surface area contributed by atoms with Gasteiger partial charge in [0, 0.05) is 24.1 Å². The normalized spacial score (nSPS) is 12.5. The van der Waals surface area contributed by atoms with Crippen LogP contribution in [-0.4, -0.2) is 16.4 Å². The van der Waals surface area contributed by atoms with Gasteiger partial charge in [-0.1, -0.05) is 65.1 Å². The summed E-state index contributed by atoms with van der Waals surface area (Å²) < 4.78 is 2.12. The molecular weight excluding hydrogens is 493 g/mol. The molecule has 5 rings (SSSR count). The lowest BCUT2D eigenvalue weighted by Crippen LogP contribution is -2.31. The number of rotatable bonds is 3. The quantitative estimate of drug-likeness (QED) is 0.326. The van der Waals surface area contributed by atoms with Crippen molar-refractivity contribution in [3.63, 3.8) is 0 Å². The van der Waals surface area contributed by atoms with Crippen LogP contribution in [0.1, 0.15) is 32.0 Å². The topological polar surface area (TPSA) is 54.3 Å². The van der Waals surface area contributed by atoms with Crippen molar-refractivity contribution in [2.24, 2.45) is 0 Å². The molecule has 1 aromatic heterocycles. The fraction of sp³-hybridized carbons (Fsp3) is 0.0769. The Hall–Kier alpha value is -3.25. The number of hydrogen-bond donors (Lipinski definition) is 1. The Balaban J connectivity index is 1.48. The molecule has 0 radical (unpaired) electrons. The molecule has 0 saturated heterocycles. The van der Waals surface area contributed by atoms with Crippen molar-refractivity contribution in [3.05, 3.63) is 116 Å². The van der Waals surface area contributed by atoms with Crippen LogP contribution in [0.25, 0.3) is 0 Å². The summed E-state index contributed by atoms with van der Waals surface area (Å²) in [7, 11) is 0. The van der Waals surface area contributed by atoms with E-state index in [1.807, 2.05) is 42.6 Å². The number of fused-ring (bicyclic) bond motifs is 2. The fourth-order valence-electron chi connectivity index (χ4n) is 4.05. The zero-order valence-corrected chi connectivity index (χ0v) is 20.0. The number of anilines is 2. The summed E-state index contributed by atoms with van der Waals surface area (Å²) in [6.45, 7) is 1.06. The molecule has 0 fully saturated rings. The molecule has 0 spiro atoms. The third-order valence-corrected chi connectivity index (χ3v) is 6.72. The predicted octanol–water partition coefficient (Wildman–Crippen LogP) is 6.91. The monoisotopic (exact) mass is 509 g/mol. The molecule has 8 heteroatoms. The summed E-state index contributed by atoms with van der Waals surface area (Å²) in [5.41, 5.74) is 3.70. The van der Waals surface area contributed by atoms with E-state index in [1.54, 1.807) is 29.2 Å². The van der Waals surface area contributed by atoms with Gasteiger partial charge in [0.1, 0.15) is 0 Å². The molecule has 2 heterocycles. The Kier molecular flexibility index (Phi) is 6.09. The first-order valence-corrected chi connectivity index (χ1v) is 11.6. The summed E-state index contributed by atoms with van der Waals surface area (Å²) in [4.78, 5) is 28.0. The number of hydrogen-bond acceptors (Lipinski definition) is 2. The standard InChI is InChI=1S/C26H18Cl3N3O2/c27-20-9-3-2-8-18(20)25(33)30-23-13-21(28)19(12-22(23)29)26(34)32-15-17-7-5-11-31(17)14-16-6-1-4-10-24(16)32/h1-13H,14-15H2,(H,30,33). The summed E-state index contributed by atoms with van der Waals surface area (Å²) in [6, 6.07) is 21.4. The maximum absolute atomic E-state index is 13.7. The Morgan fingerprint density at radius 2 is 1.53 bits per heavy atom. The third kappa shape index (κ3) is 4.18. The minimum absolute atomic E-state index is 0.181. The van der Waals surface area contributed by atoms with E-state index in [2.05, 4.69) is 9.88 Å². The molecular formula is C26H18Cl3N3O2. The summed E-state index contributed by atoms with van der Waals surface area (Å²) >= 11 is 19.1. The van der Waals surface area contributed by atoms with Gasteiger partial charge in [-0.2, -0.15) is 0 Å². The lowest BCUT2D eigenvalue weighted by atomic mass is 10.1. The van der Waals surface area contributed by atoms with E-state index in [0.29, 0.717) is 29.4 Å². The van der Waals surface area contributed by atoms with E-state index in [1.165, 1.54) is 12.1 Å². The zero-order chi connectivity index (χ0) is 23.8. The van der Waals surface area contributed by atoms with Crippen LogP contribution in [0.15, 0.2) is 79.0 Å². The zero-order valence-electron chi connectivity index (χ0n) is 17.8. The second-order valence-corrected chi connectivity index (χ2v) is 9.11. The Morgan fingerprint density at radius 3 is 2.35 bits per heavy atom. The van der Waals surface area contributed by atoms with E-state index in [0.717, 1.165) is 16.9 Å². The number of benzene rings is 3. The molecule has 0 atom stereocenters. The van der Waals surface area contributed by atoms with Crippen molar-refractivity contribution < 1.29 is 9.59 Å². The molecule has 5 nitrogen and oxygen atoms in total. The molecule has 0 aliphatic carbocycles. The van der Waals surface area contributed by atoms with Crippen LogP contribution in [0.3, 0.4) is 0 Å². The Labute approximate surface area is 211 Å². The van der Waals surface area contributed by atoms with E-state index in [4.69, 9.17) is 34.8 Å². The minimum atomic E-state index is -0.426. The Bertz CT molecular complexity index is 1430. The maximum atomic E-state index is 13.7. The predicted molar refractivity (Wildman–Crippen MR) is 136 cm³/mol. The van der Waals surface area contributed by atoms with Crippen LogP contribution < -0.4 is 10.2 Å². The second kappa shape index (κ2) is 9.18. The summed E-state index contributed by atoms with van der Waals surface area (Å²) in [5, 5.41) is 3.41.